The second kappa shape index (κ2) is 4.61. The minimum atomic E-state index is -0.529. The largest absolute Gasteiger partial charge is 0.497 e. The Morgan fingerprint density at radius 2 is 2.25 bits per heavy atom. The zero-order chi connectivity index (χ0) is 14.3. The number of nitriles is 1. The summed E-state index contributed by atoms with van der Waals surface area (Å²) in [4.78, 5) is 16.9. The van der Waals surface area contributed by atoms with Crippen molar-refractivity contribution in [2.75, 3.05) is 7.11 Å². The molecule has 0 bridgehead atoms. The van der Waals surface area contributed by atoms with Crippen molar-refractivity contribution in [3.63, 3.8) is 0 Å². The van der Waals surface area contributed by atoms with Crippen LogP contribution in [-0.2, 0) is 6.42 Å². The summed E-state index contributed by atoms with van der Waals surface area (Å²) >= 11 is 0. The molecule has 0 N–H and O–H groups in total. The van der Waals surface area contributed by atoms with E-state index >= 15 is 0 Å². The molecule has 100 valence electrons. The van der Waals surface area contributed by atoms with Crippen LogP contribution in [0.15, 0.2) is 18.2 Å². The first-order valence-corrected chi connectivity index (χ1v) is 6.56. The number of nitrogens with zero attached hydrogens (tertiary/aromatic N) is 2. The van der Waals surface area contributed by atoms with Crippen LogP contribution in [0.5, 0.6) is 5.75 Å². The Kier molecular flexibility index (Phi) is 2.90. The third kappa shape index (κ3) is 1.75. The third-order valence-corrected chi connectivity index (χ3v) is 3.88. The van der Waals surface area contributed by atoms with Crippen LogP contribution in [0, 0.1) is 24.2 Å². The molecule has 0 radical (unpaired) electrons. The summed E-state index contributed by atoms with van der Waals surface area (Å²) in [6.07, 6.45) is 1.33. The first-order valence-electron chi connectivity index (χ1n) is 6.56. The molecule has 1 aliphatic carbocycles. The van der Waals surface area contributed by atoms with Gasteiger partial charge < -0.3 is 4.74 Å². The van der Waals surface area contributed by atoms with E-state index in [0.29, 0.717) is 17.7 Å². The van der Waals surface area contributed by atoms with Crippen LogP contribution in [0.25, 0.3) is 10.9 Å². The molecule has 1 aromatic carbocycles. The molecule has 0 spiro atoms. The fourth-order valence-corrected chi connectivity index (χ4v) is 2.88. The van der Waals surface area contributed by atoms with Gasteiger partial charge in [-0.2, -0.15) is 5.26 Å². The van der Waals surface area contributed by atoms with Crippen molar-refractivity contribution in [1.29, 1.82) is 5.26 Å². The van der Waals surface area contributed by atoms with Crippen molar-refractivity contribution >= 4 is 16.7 Å². The van der Waals surface area contributed by atoms with Crippen molar-refractivity contribution in [2.24, 2.45) is 5.92 Å². The Hall–Kier alpha value is -2.41. The maximum atomic E-state index is 12.3. The molecule has 0 aliphatic heterocycles. The molecule has 2 aromatic rings. The van der Waals surface area contributed by atoms with Crippen LogP contribution in [0.2, 0.25) is 0 Å². The van der Waals surface area contributed by atoms with Crippen LogP contribution >= 0.6 is 0 Å². The molecule has 1 aromatic heterocycles. The van der Waals surface area contributed by atoms with Gasteiger partial charge in [-0.3, -0.25) is 9.78 Å². The van der Waals surface area contributed by atoms with E-state index in [9.17, 15) is 4.79 Å². The number of aromatic nitrogens is 1. The van der Waals surface area contributed by atoms with Gasteiger partial charge in [0.25, 0.3) is 0 Å². The van der Waals surface area contributed by atoms with Crippen LogP contribution in [-0.4, -0.2) is 17.9 Å². The van der Waals surface area contributed by atoms with E-state index in [1.54, 1.807) is 7.11 Å². The number of ether oxygens (including phenoxy) is 1. The first-order chi connectivity index (χ1) is 9.65. The number of benzene rings is 1. The van der Waals surface area contributed by atoms with Crippen molar-refractivity contribution < 1.29 is 9.53 Å². The number of fused-ring (bicyclic) bond motifs is 3. The van der Waals surface area contributed by atoms with E-state index in [4.69, 9.17) is 10.00 Å². The molecular weight excluding hydrogens is 252 g/mol. The summed E-state index contributed by atoms with van der Waals surface area (Å²) in [5, 5.41) is 10.0. The Labute approximate surface area is 117 Å². The van der Waals surface area contributed by atoms with Gasteiger partial charge >= 0.3 is 0 Å². The topological polar surface area (TPSA) is 63.0 Å². The van der Waals surface area contributed by atoms with E-state index in [-0.39, 0.29) is 5.78 Å². The highest BCUT2D eigenvalue weighted by molar-refractivity contribution is 6.06. The number of carbonyl (C=O) groups is 1. The van der Waals surface area contributed by atoms with Gasteiger partial charge in [0.05, 0.1) is 18.7 Å². The second-order valence-corrected chi connectivity index (χ2v) is 5.02. The molecule has 3 rings (SSSR count). The number of Topliss-reactive ketones (excluding diaryl/α,β-unsaturated/α-hetero) is 1. The fraction of sp³-hybridized carbons (Fsp3) is 0.312. The van der Waals surface area contributed by atoms with E-state index < -0.39 is 5.92 Å². The average molecular weight is 266 g/mol. The summed E-state index contributed by atoms with van der Waals surface area (Å²) in [5.41, 5.74) is 3.20. The highest BCUT2D eigenvalue weighted by Gasteiger charge is 2.30. The van der Waals surface area contributed by atoms with Crippen LogP contribution in [0.3, 0.4) is 0 Å². The van der Waals surface area contributed by atoms with Gasteiger partial charge in [0.1, 0.15) is 11.7 Å². The molecule has 0 saturated carbocycles. The minimum Gasteiger partial charge on any atom is -0.497 e. The molecule has 0 amide bonds. The molecule has 4 heteroatoms. The zero-order valence-electron chi connectivity index (χ0n) is 11.4. The normalized spacial score (nSPS) is 17.6. The lowest BCUT2D eigenvalue weighted by atomic mass is 9.81. The number of pyridine rings is 1. The van der Waals surface area contributed by atoms with Gasteiger partial charge in [-0.15, -0.1) is 0 Å². The smallest absolute Gasteiger partial charge is 0.182 e. The minimum absolute atomic E-state index is 0.0866. The number of hydrogen-bond donors (Lipinski definition) is 0. The number of carbonyl (C=O) groups excluding carboxylic acids is 1. The Bertz CT molecular complexity index is 759. The third-order valence-electron chi connectivity index (χ3n) is 3.88. The summed E-state index contributed by atoms with van der Waals surface area (Å²) in [6.45, 7) is 1.83. The van der Waals surface area contributed by atoms with Gasteiger partial charge in [0.15, 0.2) is 5.78 Å². The maximum Gasteiger partial charge on any atom is 0.182 e. The quantitative estimate of drug-likeness (QED) is 0.796. The lowest BCUT2D eigenvalue weighted by Crippen LogP contribution is -2.23. The molecule has 0 fully saturated rings. The molecule has 1 atom stereocenters. The monoisotopic (exact) mass is 266 g/mol. The van der Waals surface area contributed by atoms with Crippen LogP contribution in [0.1, 0.15) is 28.0 Å². The standard InChI is InChI=1S/C16H14N2O2/c1-9-15-13(5-3-10(8-17)16(15)19)12-6-4-11(20-2)7-14(12)18-9/h4,6-7,10H,3,5H2,1-2H3. The van der Waals surface area contributed by atoms with E-state index in [1.165, 1.54) is 0 Å². The molecule has 1 heterocycles. The number of rotatable bonds is 1. The molecule has 4 nitrogen and oxygen atoms in total. The first kappa shape index (κ1) is 12.6. The van der Waals surface area contributed by atoms with Crippen LogP contribution < -0.4 is 4.74 Å². The van der Waals surface area contributed by atoms with E-state index in [0.717, 1.165) is 28.6 Å². The van der Waals surface area contributed by atoms with Crippen molar-refractivity contribution in [2.45, 2.75) is 19.8 Å². The van der Waals surface area contributed by atoms with Crippen molar-refractivity contribution in [3.8, 4) is 11.8 Å². The summed E-state index contributed by atoms with van der Waals surface area (Å²) in [7, 11) is 1.62. The highest BCUT2D eigenvalue weighted by Crippen LogP contribution is 2.33. The summed E-state index contributed by atoms with van der Waals surface area (Å²) in [6, 6.07) is 7.79. The lowest BCUT2D eigenvalue weighted by Gasteiger charge is -2.22. The molecule has 1 unspecified atom stereocenters. The van der Waals surface area contributed by atoms with Gasteiger partial charge in [-0.25, -0.2) is 0 Å². The zero-order valence-corrected chi connectivity index (χ0v) is 11.4. The van der Waals surface area contributed by atoms with Gasteiger partial charge in [-0.05, 0) is 37.5 Å². The Morgan fingerprint density at radius 1 is 1.45 bits per heavy atom. The maximum absolute atomic E-state index is 12.3. The number of aryl methyl sites for hydroxylation is 2. The van der Waals surface area contributed by atoms with E-state index in [1.807, 2.05) is 25.1 Å². The lowest BCUT2D eigenvalue weighted by molar-refractivity contribution is 0.0934. The van der Waals surface area contributed by atoms with Crippen molar-refractivity contribution in [3.05, 3.63) is 35.0 Å². The predicted molar refractivity (Wildman–Crippen MR) is 74.8 cm³/mol. The van der Waals surface area contributed by atoms with Gasteiger partial charge in [0, 0.05) is 22.7 Å². The second-order valence-electron chi connectivity index (χ2n) is 5.02. The van der Waals surface area contributed by atoms with Gasteiger partial charge in [0.2, 0.25) is 0 Å². The SMILES string of the molecule is COc1ccc2c3c(c(C)nc2c1)C(=O)C(C#N)CC3. The molecular formula is C16H14N2O2. The Morgan fingerprint density at radius 3 is 2.95 bits per heavy atom. The number of hydrogen-bond acceptors (Lipinski definition) is 4. The Balaban J connectivity index is 2.28. The summed E-state index contributed by atoms with van der Waals surface area (Å²) < 4.78 is 5.21. The summed E-state index contributed by atoms with van der Waals surface area (Å²) in [5.74, 6) is 0.136. The number of methoxy groups -OCH3 is 1. The van der Waals surface area contributed by atoms with Crippen molar-refractivity contribution in [1.82, 2.24) is 4.98 Å². The molecule has 1 aliphatic rings. The predicted octanol–water partition coefficient (Wildman–Crippen LogP) is 2.82. The van der Waals surface area contributed by atoms with Gasteiger partial charge in [-0.1, -0.05) is 0 Å². The average Bonchev–Trinajstić information content (AvgIpc) is 2.46. The highest BCUT2D eigenvalue weighted by atomic mass is 16.5. The molecule has 0 saturated heterocycles. The van der Waals surface area contributed by atoms with E-state index in [2.05, 4.69) is 11.1 Å². The fourth-order valence-electron chi connectivity index (χ4n) is 2.88. The molecule has 20 heavy (non-hydrogen) atoms. The van der Waals surface area contributed by atoms with Crippen LogP contribution in [0.4, 0.5) is 0 Å². The number of ketones is 1.